The standard InChI is InChI=1S/C26H29F2N7O3/c27-26(28)7-3-16(4-8-26)20(32-23(36)22-21(15-1-2-15)33-38-34-22)18-13-35-19(31-18)9-14(12-29-35)10-25-6-5-17(11-25)30-24(25)37/h9,12-13,15-17,20H,1-8,10-11H2,(H,30,37)(H,32,36)/t17-,20-,25-/m0/s1. The summed E-state index contributed by atoms with van der Waals surface area (Å²) in [5.41, 5.74) is 2.38. The van der Waals surface area contributed by atoms with Gasteiger partial charge in [-0.05, 0) is 74.1 Å². The third-order valence-electron chi connectivity index (χ3n) is 8.89. The lowest BCUT2D eigenvalue weighted by molar-refractivity contribution is -0.128. The van der Waals surface area contributed by atoms with Gasteiger partial charge in [-0.3, -0.25) is 9.59 Å². The molecule has 0 unspecified atom stereocenters. The van der Waals surface area contributed by atoms with Crippen molar-refractivity contribution in [3.05, 3.63) is 41.1 Å². The first-order valence-corrected chi connectivity index (χ1v) is 13.4. The van der Waals surface area contributed by atoms with Crippen LogP contribution in [-0.2, 0) is 11.2 Å². The number of fused-ring (bicyclic) bond motifs is 3. The lowest BCUT2D eigenvalue weighted by Crippen LogP contribution is -2.37. The first kappa shape index (κ1) is 23.7. The van der Waals surface area contributed by atoms with Gasteiger partial charge in [0.2, 0.25) is 11.8 Å². The minimum Gasteiger partial charge on any atom is -0.353 e. The number of amides is 2. The summed E-state index contributed by atoms with van der Waals surface area (Å²) in [5.74, 6) is -3.07. The minimum absolute atomic E-state index is 0.113. The van der Waals surface area contributed by atoms with Crippen LogP contribution in [0.5, 0.6) is 0 Å². The van der Waals surface area contributed by atoms with E-state index in [1.54, 1.807) is 16.9 Å². The van der Waals surface area contributed by atoms with Crippen LogP contribution in [0.4, 0.5) is 8.78 Å². The van der Waals surface area contributed by atoms with Crippen molar-refractivity contribution in [1.82, 2.24) is 35.5 Å². The largest absolute Gasteiger partial charge is 0.353 e. The van der Waals surface area contributed by atoms with Gasteiger partial charge in [-0.2, -0.15) is 5.10 Å². The van der Waals surface area contributed by atoms with E-state index in [2.05, 4.69) is 26.0 Å². The van der Waals surface area contributed by atoms with Gasteiger partial charge in [-0.1, -0.05) is 5.16 Å². The molecule has 3 aliphatic carbocycles. The number of imidazole rings is 1. The van der Waals surface area contributed by atoms with E-state index in [1.165, 1.54) is 0 Å². The van der Waals surface area contributed by atoms with Crippen molar-refractivity contribution in [2.45, 2.75) is 88.1 Å². The van der Waals surface area contributed by atoms with Crippen molar-refractivity contribution in [3.8, 4) is 0 Å². The highest BCUT2D eigenvalue weighted by atomic mass is 19.3. The van der Waals surface area contributed by atoms with Crippen molar-refractivity contribution in [1.29, 1.82) is 0 Å². The Morgan fingerprint density at radius 2 is 2.00 bits per heavy atom. The summed E-state index contributed by atoms with van der Waals surface area (Å²) in [6.07, 6.45) is 8.72. The summed E-state index contributed by atoms with van der Waals surface area (Å²) in [6, 6.07) is 1.59. The van der Waals surface area contributed by atoms with E-state index >= 15 is 0 Å². The number of hydrogen-bond donors (Lipinski definition) is 2. The number of carbonyl (C=O) groups is 2. The second-order valence-electron chi connectivity index (χ2n) is 11.6. The molecular weight excluding hydrogens is 496 g/mol. The number of halogens is 2. The molecule has 200 valence electrons. The third-order valence-corrected chi connectivity index (χ3v) is 8.89. The normalized spacial score (nSPS) is 27.5. The summed E-state index contributed by atoms with van der Waals surface area (Å²) >= 11 is 0. The van der Waals surface area contributed by atoms with Gasteiger partial charge in [0.25, 0.3) is 5.91 Å². The van der Waals surface area contributed by atoms with Crippen LogP contribution in [-0.4, -0.2) is 48.7 Å². The molecule has 3 aromatic heterocycles. The molecule has 2 amide bonds. The molecule has 4 heterocycles. The minimum atomic E-state index is -2.69. The van der Waals surface area contributed by atoms with Crippen LogP contribution in [0.25, 0.3) is 5.65 Å². The number of piperidine rings is 1. The first-order valence-electron chi connectivity index (χ1n) is 13.4. The fourth-order valence-corrected chi connectivity index (χ4v) is 6.62. The number of nitrogens with one attached hydrogen (secondary N) is 2. The van der Waals surface area contributed by atoms with E-state index in [1.807, 2.05) is 6.07 Å². The SMILES string of the molecule is O=C(N[C@H](c1cn2ncc(C[C@@]34CC[C@@H](C3)NC4=O)cc2n1)C1CCC(F)(F)CC1)c1nonc1C1CC1. The Morgan fingerprint density at radius 1 is 1.18 bits per heavy atom. The van der Waals surface area contributed by atoms with E-state index in [0.29, 0.717) is 23.5 Å². The molecule has 38 heavy (non-hydrogen) atoms. The first-order chi connectivity index (χ1) is 18.3. The maximum Gasteiger partial charge on any atom is 0.276 e. The van der Waals surface area contributed by atoms with Gasteiger partial charge in [0.05, 0.1) is 29.5 Å². The average Bonchev–Trinajstić information content (AvgIpc) is 3.22. The van der Waals surface area contributed by atoms with Crippen molar-refractivity contribution >= 4 is 17.5 Å². The summed E-state index contributed by atoms with van der Waals surface area (Å²) in [6.45, 7) is 0. The molecule has 12 heteroatoms. The summed E-state index contributed by atoms with van der Waals surface area (Å²) < 4.78 is 34.4. The molecule has 4 aliphatic rings. The number of alkyl halides is 2. The number of aromatic nitrogens is 5. The monoisotopic (exact) mass is 525 g/mol. The van der Waals surface area contributed by atoms with E-state index in [-0.39, 0.29) is 60.6 Å². The molecule has 1 aliphatic heterocycles. The zero-order valence-electron chi connectivity index (χ0n) is 20.8. The van der Waals surface area contributed by atoms with Gasteiger partial charge >= 0.3 is 0 Å². The molecule has 10 nitrogen and oxygen atoms in total. The van der Waals surface area contributed by atoms with E-state index in [0.717, 1.165) is 37.7 Å². The number of hydrogen-bond acceptors (Lipinski definition) is 7. The number of nitrogens with zero attached hydrogens (tertiary/aromatic N) is 5. The second-order valence-corrected chi connectivity index (χ2v) is 11.6. The van der Waals surface area contributed by atoms with Gasteiger partial charge in [0.1, 0.15) is 5.69 Å². The van der Waals surface area contributed by atoms with Crippen LogP contribution in [0.15, 0.2) is 23.1 Å². The van der Waals surface area contributed by atoms with E-state index in [4.69, 9.17) is 9.61 Å². The molecule has 0 aromatic carbocycles. The van der Waals surface area contributed by atoms with Crippen LogP contribution in [0.2, 0.25) is 0 Å². The Morgan fingerprint density at radius 3 is 2.71 bits per heavy atom. The topological polar surface area (TPSA) is 127 Å². The average molecular weight is 526 g/mol. The van der Waals surface area contributed by atoms with Crippen LogP contribution in [0, 0.1) is 11.3 Å². The molecule has 7 rings (SSSR count). The summed E-state index contributed by atoms with van der Waals surface area (Å²) in [4.78, 5) is 30.6. The van der Waals surface area contributed by atoms with Crippen LogP contribution in [0.3, 0.4) is 0 Å². The smallest absolute Gasteiger partial charge is 0.276 e. The Kier molecular flexibility index (Phi) is 5.31. The van der Waals surface area contributed by atoms with Crippen molar-refractivity contribution < 1.29 is 23.0 Å². The highest BCUT2D eigenvalue weighted by Gasteiger charge is 2.51. The van der Waals surface area contributed by atoms with Crippen molar-refractivity contribution in [3.63, 3.8) is 0 Å². The number of rotatable bonds is 7. The highest BCUT2D eigenvalue weighted by molar-refractivity contribution is 5.93. The molecule has 0 spiro atoms. The Hall–Kier alpha value is -3.44. The molecule has 3 atom stereocenters. The van der Waals surface area contributed by atoms with Crippen molar-refractivity contribution in [2.24, 2.45) is 11.3 Å². The lowest BCUT2D eigenvalue weighted by Gasteiger charge is -2.33. The highest BCUT2D eigenvalue weighted by Crippen LogP contribution is 2.46. The predicted molar refractivity (Wildman–Crippen MR) is 128 cm³/mol. The predicted octanol–water partition coefficient (Wildman–Crippen LogP) is 3.50. The van der Waals surface area contributed by atoms with Gasteiger partial charge in [0, 0.05) is 24.8 Å². The summed E-state index contributed by atoms with van der Waals surface area (Å²) in [5, 5.41) is 18.4. The van der Waals surface area contributed by atoms with E-state index in [9.17, 15) is 18.4 Å². The quantitative estimate of drug-likeness (QED) is 0.483. The zero-order chi connectivity index (χ0) is 26.1. The lowest BCUT2D eigenvalue weighted by atomic mass is 9.81. The summed E-state index contributed by atoms with van der Waals surface area (Å²) in [7, 11) is 0. The third kappa shape index (κ3) is 4.14. The fraction of sp³-hybridized carbons (Fsp3) is 0.615. The van der Waals surface area contributed by atoms with Gasteiger partial charge in [-0.15, -0.1) is 0 Å². The fourth-order valence-electron chi connectivity index (χ4n) is 6.62. The second kappa shape index (κ2) is 8.54. The van der Waals surface area contributed by atoms with Crippen LogP contribution < -0.4 is 10.6 Å². The molecule has 3 saturated carbocycles. The van der Waals surface area contributed by atoms with Gasteiger partial charge < -0.3 is 10.6 Å². The zero-order valence-corrected chi connectivity index (χ0v) is 20.8. The Balaban J connectivity index is 1.17. The Bertz CT molecular complexity index is 1410. The van der Waals surface area contributed by atoms with Crippen molar-refractivity contribution in [2.75, 3.05) is 0 Å². The molecule has 1 saturated heterocycles. The molecule has 0 radical (unpaired) electrons. The van der Waals surface area contributed by atoms with Gasteiger partial charge in [-0.25, -0.2) is 22.9 Å². The molecule has 2 bridgehead atoms. The maximum absolute atomic E-state index is 14.0. The molecular formula is C26H29F2N7O3. The number of carbonyl (C=O) groups excluding carboxylic acids is 2. The van der Waals surface area contributed by atoms with Gasteiger partial charge in [0.15, 0.2) is 11.3 Å². The Labute approximate surface area is 216 Å². The van der Waals surface area contributed by atoms with Crippen LogP contribution in [0.1, 0.15) is 97.2 Å². The van der Waals surface area contributed by atoms with Crippen LogP contribution >= 0.6 is 0 Å². The molecule has 4 fully saturated rings. The van der Waals surface area contributed by atoms with E-state index < -0.39 is 17.9 Å². The molecule has 3 aromatic rings. The molecule has 2 N–H and O–H groups in total. The maximum atomic E-state index is 14.0.